The van der Waals surface area contributed by atoms with E-state index in [1.807, 2.05) is 20.8 Å². The van der Waals surface area contributed by atoms with E-state index in [1.54, 1.807) is 26.0 Å². The largest absolute Gasteiger partial charge is 0.390 e. The van der Waals surface area contributed by atoms with Gasteiger partial charge in [0.2, 0.25) is 11.8 Å². The molecule has 50 heavy (non-hydrogen) atoms. The summed E-state index contributed by atoms with van der Waals surface area (Å²) in [5.74, 6) is -0.680. The summed E-state index contributed by atoms with van der Waals surface area (Å²) in [4.78, 5) is 37.6. The van der Waals surface area contributed by atoms with E-state index in [9.17, 15) is 24.6 Å². The first-order chi connectivity index (χ1) is 23.7. The highest BCUT2D eigenvalue weighted by Gasteiger charge is 2.44. The summed E-state index contributed by atoms with van der Waals surface area (Å²) in [6.45, 7) is 14.2. The maximum absolute atomic E-state index is 12.9. The Balaban J connectivity index is 1.36. The van der Waals surface area contributed by atoms with Gasteiger partial charge >= 0.3 is 0 Å². The van der Waals surface area contributed by atoms with E-state index in [0.29, 0.717) is 24.8 Å². The highest BCUT2D eigenvalue weighted by molar-refractivity contribution is 5.89. The fourth-order valence-electron chi connectivity index (χ4n) is 7.51. The molecule has 0 aromatic rings. The summed E-state index contributed by atoms with van der Waals surface area (Å²) in [5.41, 5.74) is 1.01. The van der Waals surface area contributed by atoms with Crippen molar-refractivity contribution in [3.8, 4) is 0 Å². The second-order valence-electron chi connectivity index (χ2n) is 15.7. The summed E-state index contributed by atoms with van der Waals surface area (Å²) in [6.07, 6.45) is 14.5. The lowest BCUT2D eigenvalue weighted by atomic mass is 9.85. The van der Waals surface area contributed by atoms with Gasteiger partial charge in [-0.05, 0) is 108 Å². The highest BCUT2D eigenvalue weighted by Crippen LogP contribution is 2.43. The van der Waals surface area contributed by atoms with Crippen molar-refractivity contribution in [3.05, 3.63) is 23.8 Å². The molecule has 3 fully saturated rings. The number of allylic oxidation sites excluding steroid dienone is 3. The van der Waals surface area contributed by atoms with Crippen molar-refractivity contribution in [2.45, 2.75) is 174 Å². The van der Waals surface area contributed by atoms with Gasteiger partial charge in [-0.25, -0.2) is 0 Å². The molecule has 3 aliphatic heterocycles. The third kappa shape index (κ3) is 13.8. The third-order valence-corrected chi connectivity index (χ3v) is 11.2. The Morgan fingerprint density at radius 3 is 2.36 bits per heavy atom. The van der Waals surface area contributed by atoms with Crippen molar-refractivity contribution in [3.63, 3.8) is 0 Å². The van der Waals surface area contributed by atoms with Crippen LogP contribution in [0.3, 0.4) is 0 Å². The van der Waals surface area contributed by atoms with Crippen LogP contribution in [-0.4, -0.2) is 83.3 Å². The molecule has 3 heterocycles. The average Bonchev–Trinajstić information content (AvgIpc) is 3.07. The fraction of sp³-hybridized carbons (Fsp3) is 0.825. The number of hydrogen-bond donors (Lipinski definition) is 4. The second kappa shape index (κ2) is 20.8. The van der Waals surface area contributed by atoms with Crippen LogP contribution in [0.4, 0.5) is 0 Å². The number of nitrogens with one attached hydrogen (secondary N) is 2. The number of aliphatic hydroxyl groups excluding tert-OH is 2. The summed E-state index contributed by atoms with van der Waals surface area (Å²) >= 11 is 0. The van der Waals surface area contributed by atoms with Crippen LogP contribution in [0.25, 0.3) is 0 Å². The van der Waals surface area contributed by atoms with Gasteiger partial charge in [0.15, 0.2) is 11.6 Å². The Bertz CT molecular complexity index is 1140. The van der Waals surface area contributed by atoms with Gasteiger partial charge in [0.25, 0.3) is 0 Å². The van der Waals surface area contributed by atoms with Crippen molar-refractivity contribution >= 4 is 17.6 Å². The molecule has 0 aromatic carbocycles. The van der Waals surface area contributed by atoms with Crippen LogP contribution >= 0.6 is 0 Å². The van der Waals surface area contributed by atoms with Gasteiger partial charge in [-0.15, -0.1) is 0 Å². The van der Waals surface area contributed by atoms with Crippen LogP contribution < -0.4 is 10.6 Å². The van der Waals surface area contributed by atoms with Crippen molar-refractivity contribution in [2.75, 3.05) is 13.1 Å². The molecule has 286 valence electrons. The first-order valence-electron chi connectivity index (χ1n) is 19.5. The maximum atomic E-state index is 12.9. The van der Waals surface area contributed by atoms with E-state index in [4.69, 9.17) is 14.2 Å². The van der Waals surface area contributed by atoms with Crippen molar-refractivity contribution in [1.82, 2.24) is 10.6 Å². The SMILES string of the molecule is C/C=C/C(=O)C[C@@H]1CC[C@H](C)[C@@H](CC(=O)NC[C@@H](O)[C@H](C)C(=O)NCCC[C@H]2O[C@@]3(CCC[C@@H](CC[C@H](C)/C=C(\C)[C@H](C)O)O3)CC[C@@H]2C)O1. The smallest absolute Gasteiger partial charge is 0.225 e. The molecule has 10 heteroatoms. The molecular formula is C40H68N2O8. The van der Waals surface area contributed by atoms with Crippen LogP contribution in [-0.2, 0) is 28.6 Å². The third-order valence-electron chi connectivity index (χ3n) is 11.2. The summed E-state index contributed by atoms with van der Waals surface area (Å²) in [7, 11) is 0. The van der Waals surface area contributed by atoms with Gasteiger partial charge in [0.1, 0.15) is 0 Å². The minimum atomic E-state index is -1.02. The average molecular weight is 705 g/mol. The first kappa shape index (κ1) is 42.3. The van der Waals surface area contributed by atoms with Crippen LogP contribution in [0.1, 0.15) is 132 Å². The molecule has 3 saturated heterocycles. The van der Waals surface area contributed by atoms with Gasteiger partial charge < -0.3 is 35.1 Å². The molecule has 3 aliphatic rings. The van der Waals surface area contributed by atoms with E-state index >= 15 is 0 Å². The highest BCUT2D eigenvalue weighted by atomic mass is 16.7. The minimum Gasteiger partial charge on any atom is -0.390 e. The quantitative estimate of drug-likeness (QED) is 0.0782. The van der Waals surface area contributed by atoms with Crippen LogP contribution in [0.5, 0.6) is 0 Å². The number of ketones is 1. The van der Waals surface area contributed by atoms with E-state index < -0.39 is 23.9 Å². The standard InChI is InChI=1S/C40H68N2O8/c1-8-11-32(44)23-34-17-15-27(3)37(48-34)24-38(46)42-25-35(45)30(6)39(47)41-21-10-13-36-28(4)18-20-40(50-36)19-9-12-33(49-40)16-14-26(2)22-29(5)31(7)43/h8,11,22,26-28,30-31,33-37,43,45H,9-10,12-21,23-25H2,1-7H3,(H,41,47)(H,42,46)/b11-8+,29-22+/t26-,27-,28-,30-,31-,33-,34-,35+,36+,37+,40-/m0/s1. The predicted molar refractivity (Wildman–Crippen MR) is 195 cm³/mol. The molecule has 0 bridgehead atoms. The number of rotatable bonds is 18. The van der Waals surface area contributed by atoms with E-state index in [-0.39, 0.29) is 60.9 Å². The number of ether oxygens (including phenoxy) is 3. The zero-order chi connectivity index (χ0) is 36.8. The van der Waals surface area contributed by atoms with E-state index in [0.717, 1.165) is 76.2 Å². The number of aliphatic hydroxyl groups is 2. The first-order valence-corrected chi connectivity index (χ1v) is 19.5. The minimum absolute atomic E-state index is 0.0223. The molecule has 0 aliphatic carbocycles. The Morgan fingerprint density at radius 2 is 1.64 bits per heavy atom. The molecule has 0 saturated carbocycles. The Kier molecular flexibility index (Phi) is 17.6. The Morgan fingerprint density at radius 1 is 0.900 bits per heavy atom. The molecule has 11 atom stereocenters. The van der Waals surface area contributed by atoms with Gasteiger partial charge in [0, 0.05) is 32.4 Å². The monoisotopic (exact) mass is 704 g/mol. The second-order valence-corrected chi connectivity index (χ2v) is 15.7. The number of hydrogen-bond acceptors (Lipinski definition) is 8. The zero-order valence-corrected chi connectivity index (χ0v) is 32.0. The molecule has 0 unspecified atom stereocenters. The Hall–Kier alpha value is -2.11. The zero-order valence-electron chi connectivity index (χ0n) is 32.0. The van der Waals surface area contributed by atoms with Gasteiger partial charge in [-0.1, -0.05) is 39.8 Å². The van der Waals surface area contributed by atoms with Gasteiger partial charge in [0.05, 0.1) is 49.0 Å². The van der Waals surface area contributed by atoms with Crippen LogP contribution in [0, 0.1) is 23.7 Å². The van der Waals surface area contributed by atoms with Crippen molar-refractivity contribution in [1.29, 1.82) is 0 Å². The molecule has 0 radical (unpaired) electrons. The van der Waals surface area contributed by atoms with E-state index in [2.05, 4.69) is 30.6 Å². The maximum Gasteiger partial charge on any atom is 0.225 e. The summed E-state index contributed by atoms with van der Waals surface area (Å²) in [5, 5.41) is 26.2. The normalized spacial score (nSPS) is 31.6. The van der Waals surface area contributed by atoms with E-state index in [1.165, 1.54) is 0 Å². The molecule has 2 amide bonds. The Labute approximate surface area is 301 Å². The molecule has 4 N–H and O–H groups in total. The summed E-state index contributed by atoms with van der Waals surface area (Å²) in [6, 6.07) is 0. The molecule has 3 rings (SSSR count). The summed E-state index contributed by atoms with van der Waals surface area (Å²) < 4.78 is 19.5. The number of carbonyl (C=O) groups excluding carboxylic acids is 3. The molecule has 1 spiro atoms. The lowest BCUT2D eigenvalue weighted by Crippen LogP contribution is -2.50. The molecule has 0 aromatic heterocycles. The van der Waals surface area contributed by atoms with Crippen molar-refractivity contribution in [2.24, 2.45) is 23.7 Å². The van der Waals surface area contributed by atoms with Crippen LogP contribution in [0.2, 0.25) is 0 Å². The van der Waals surface area contributed by atoms with Gasteiger partial charge in [-0.3, -0.25) is 14.4 Å². The molecule has 10 nitrogen and oxygen atoms in total. The number of carbonyl (C=O) groups is 3. The lowest BCUT2D eigenvalue weighted by molar-refractivity contribution is -0.324. The lowest BCUT2D eigenvalue weighted by Gasteiger charge is -2.48. The van der Waals surface area contributed by atoms with Crippen molar-refractivity contribution < 1.29 is 38.8 Å². The van der Waals surface area contributed by atoms with Gasteiger partial charge in [-0.2, -0.15) is 0 Å². The fourth-order valence-corrected chi connectivity index (χ4v) is 7.51. The number of amides is 2. The predicted octanol–water partition coefficient (Wildman–Crippen LogP) is 5.93. The molecular weight excluding hydrogens is 636 g/mol. The van der Waals surface area contributed by atoms with Crippen LogP contribution in [0.15, 0.2) is 23.8 Å². The topological polar surface area (TPSA) is 143 Å².